The van der Waals surface area contributed by atoms with Gasteiger partial charge in [-0.05, 0) is 46.5 Å². The van der Waals surface area contributed by atoms with E-state index >= 15 is 0 Å². The van der Waals surface area contributed by atoms with Gasteiger partial charge in [0.05, 0.1) is 11.1 Å². The summed E-state index contributed by atoms with van der Waals surface area (Å²) >= 11 is 0. The number of benzene rings is 4. The Morgan fingerprint density at radius 3 is 1.37 bits per heavy atom. The van der Waals surface area contributed by atoms with Crippen LogP contribution in [0.4, 0.5) is 0 Å². The summed E-state index contributed by atoms with van der Waals surface area (Å²) < 4.78 is 0. The molecule has 0 aliphatic rings. The Morgan fingerprint density at radius 1 is 0.433 bits per heavy atom. The Balaban J connectivity index is 0.000000171. The molecule has 148 valence electrons. The largest absolute Gasteiger partial charge is 0.478 e. The highest BCUT2D eigenvalue weighted by atomic mass is 16.4. The van der Waals surface area contributed by atoms with Gasteiger partial charge in [-0.1, -0.05) is 84.9 Å². The van der Waals surface area contributed by atoms with E-state index in [0.717, 1.165) is 22.3 Å². The van der Waals surface area contributed by atoms with Crippen LogP contribution in [-0.2, 0) is 0 Å². The fraction of sp³-hybridized carbons (Fsp3) is 0. The monoisotopic (exact) mass is 396 g/mol. The molecule has 4 heteroatoms. The van der Waals surface area contributed by atoms with Crippen molar-refractivity contribution in [1.29, 1.82) is 0 Å². The molecular formula is C26H20O4. The molecule has 0 spiro atoms. The van der Waals surface area contributed by atoms with Crippen molar-refractivity contribution in [2.75, 3.05) is 0 Å². The average molecular weight is 396 g/mol. The van der Waals surface area contributed by atoms with Gasteiger partial charge in [-0.15, -0.1) is 0 Å². The second-order valence-corrected chi connectivity index (χ2v) is 6.50. The summed E-state index contributed by atoms with van der Waals surface area (Å²) in [4.78, 5) is 21.4. The molecule has 4 rings (SSSR count). The van der Waals surface area contributed by atoms with E-state index in [-0.39, 0.29) is 0 Å². The molecule has 0 heterocycles. The fourth-order valence-corrected chi connectivity index (χ4v) is 2.90. The van der Waals surface area contributed by atoms with Crippen LogP contribution >= 0.6 is 0 Å². The van der Waals surface area contributed by atoms with Crippen LogP contribution in [0.3, 0.4) is 0 Å². The first-order valence-electron chi connectivity index (χ1n) is 9.32. The first kappa shape index (κ1) is 20.6. The van der Waals surface area contributed by atoms with Gasteiger partial charge in [0.1, 0.15) is 0 Å². The lowest BCUT2D eigenvalue weighted by atomic mass is 10.0. The summed E-state index contributed by atoms with van der Waals surface area (Å²) in [5.41, 5.74) is 4.71. The molecule has 4 nitrogen and oxygen atoms in total. The number of aromatic carboxylic acids is 2. The molecule has 0 aromatic heterocycles. The summed E-state index contributed by atoms with van der Waals surface area (Å²) in [6, 6.07) is 33.4. The van der Waals surface area contributed by atoms with E-state index in [2.05, 4.69) is 0 Å². The number of carboxylic acids is 2. The zero-order valence-electron chi connectivity index (χ0n) is 16.1. The van der Waals surface area contributed by atoms with E-state index in [1.807, 2.05) is 78.9 Å². The summed E-state index contributed by atoms with van der Waals surface area (Å²) in [6.45, 7) is 0. The molecule has 0 saturated carbocycles. The highest BCUT2D eigenvalue weighted by Crippen LogP contribution is 2.20. The van der Waals surface area contributed by atoms with Gasteiger partial charge in [0.2, 0.25) is 0 Å². The van der Waals surface area contributed by atoms with Crippen LogP contribution in [-0.4, -0.2) is 22.2 Å². The fourth-order valence-electron chi connectivity index (χ4n) is 2.90. The molecule has 0 aliphatic heterocycles. The maximum absolute atomic E-state index is 10.8. The molecule has 0 fully saturated rings. The van der Waals surface area contributed by atoms with E-state index in [4.69, 9.17) is 10.2 Å². The molecule has 4 aromatic rings. The zero-order chi connectivity index (χ0) is 21.3. The second-order valence-electron chi connectivity index (χ2n) is 6.50. The van der Waals surface area contributed by atoms with E-state index in [1.54, 1.807) is 30.3 Å². The predicted octanol–water partition coefficient (Wildman–Crippen LogP) is 6.10. The molecule has 0 amide bonds. The zero-order valence-corrected chi connectivity index (χ0v) is 16.1. The second kappa shape index (κ2) is 9.85. The van der Waals surface area contributed by atoms with Crippen LogP contribution in [0.1, 0.15) is 20.7 Å². The SMILES string of the molecule is O=C(O)c1ccc(-c2ccccc2)cc1.O=C(O)c1cccc(-c2ccccc2)c1. The standard InChI is InChI=1S/2C13H10O2/c14-13(15)12-8-4-7-11(9-12)10-5-2-1-3-6-10;14-13(15)12-8-6-11(7-9-12)10-4-2-1-3-5-10/h2*1-9H,(H,14,15). The van der Waals surface area contributed by atoms with Crippen LogP contribution in [0.15, 0.2) is 109 Å². The smallest absolute Gasteiger partial charge is 0.335 e. The van der Waals surface area contributed by atoms with E-state index in [1.165, 1.54) is 0 Å². The molecular weight excluding hydrogens is 376 g/mol. The van der Waals surface area contributed by atoms with Crippen LogP contribution in [0.5, 0.6) is 0 Å². The van der Waals surface area contributed by atoms with Crippen molar-refractivity contribution in [2.24, 2.45) is 0 Å². The highest BCUT2D eigenvalue weighted by Gasteiger charge is 2.04. The molecule has 2 N–H and O–H groups in total. The van der Waals surface area contributed by atoms with Crippen LogP contribution in [0.2, 0.25) is 0 Å². The number of hydrogen-bond acceptors (Lipinski definition) is 2. The summed E-state index contributed by atoms with van der Waals surface area (Å²) in [6.07, 6.45) is 0. The minimum atomic E-state index is -0.896. The predicted molar refractivity (Wildman–Crippen MR) is 118 cm³/mol. The van der Waals surface area contributed by atoms with Gasteiger partial charge >= 0.3 is 11.9 Å². The Hall–Kier alpha value is -4.18. The van der Waals surface area contributed by atoms with Crippen molar-refractivity contribution in [3.63, 3.8) is 0 Å². The van der Waals surface area contributed by atoms with Gasteiger partial charge < -0.3 is 10.2 Å². The van der Waals surface area contributed by atoms with Crippen LogP contribution < -0.4 is 0 Å². The number of hydrogen-bond donors (Lipinski definition) is 2. The maximum Gasteiger partial charge on any atom is 0.335 e. The van der Waals surface area contributed by atoms with Gasteiger partial charge in [0.25, 0.3) is 0 Å². The van der Waals surface area contributed by atoms with Crippen molar-refractivity contribution < 1.29 is 19.8 Å². The van der Waals surface area contributed by atoms with Gasteiger partial charge in [-0.25, -0.2) is 9.59 Å². The van der Waals surface area contributed by atoms with Crippen molar-refractivity contribution in [3.05, 3.63) is 120 Å². The third kappa shape index (κ3) is 5.42. The minimum absolute atomic E-state index is 0.315. The van der Waals surface area contributed by atoms with Gasteiger partial charge in [0.15, 0.2) is 0 Å². The molecule has 0 atom stereocenters. The quantitative estimate of drug-likeness (QED) is 0.437. The Labute approximate surface area is 174 Å². The molecule has 30 heavy (non-hydrogen) atoms. The van der Waals surface area contributed by atoms with E-state index < -0.39 is 11.9 Å². The van der Waals surface area contributed by atoms with Gasteiger partial charge in [0, 0.05) is 0 Å². The van der Waals surface area contributed by atoms with Crippen LogP contribution in [0, 0.1) is 0 Å². The molecule has 0 saturated heterocycles. The number of carbonyl (C=O) groups is 2. The Bertz CT molecular complexity index is 1120. The third-order valence-corrected chi connectivity index (χ3v) is 4.46. The lowest BCUT2D eigenvalue weighted by Crippen LogP contribution is -1.95. The van der Waals surface area contributed by atoms with Crippen molar-refractivity contribution >= 4 is 11.9 Å². The Kier molecular flexibility index (Phi) is 6.74. The summed E-state index contributed by atoms with van der Waals surface area (Å²) in [5, 5.41) is 17.6. The first-order chi connectivity index (χ1) is 14.5. The summed E-state index contributed by atoms with van der Waals surface area (Å²) in [5.74, 6) is -1.79. The minimum Gasteiger partial charge on any atom is -0.478 e. The number of carboxylic acid groups (broad SMARTS) is 2. The first-order valence-corrected chi connectivity index (χ1v) is 9.32. The summed E-state index contributed by atoms with van der Waals surface area (Å²) in [7, 11) is 0. The van der Waals surface area contributed by atoms with Crippen molar-refractivity contribution in [1.82, 2.24) is 0 Å². The van der Waals surface area contributed by atoms with E-state index in [0.29, 0.717) is 11.1 Å². The normalized spacial score (nSPS) is 9.87. The average Bonchev–Trinajstić information content (AvgIpc) is 2.81. The Morgan fingerprint density at radius 2 is 0.867 bits per heavy atom. The van der Waals surface area contributed by atoms with Crippen molar-refractivity contribution in [2.45, 2.75) is 0 Å². The van der Waals surface area contributed by atoms with Crippen LogP contribution in [0.25, 0.3) is 22.3 Å². The van der Waals surface area contributed by atoms with Gasteiger partial charge in [-0.3, -0.25) is 0 Å². The van der Waals surface area contributed by atoms with E-state index in [9.17, 15) is 9.59 Å². The maximum atomic E-state index is 10.8. The topological polar surface area (TPSA) is 74.6 Å². The molecule has 0 aliphatic carbocycles. The lowest BCUT2D eigenvalue weighted by Gasteiger charge is -2.02. The molecule has 0 bridgehead atoms. The third-order valence-electron chi connectivity index (χ3n) is 4.46. The van der Waals surface area contributed by atoms with Gasteiger partial charge in [-0.2, -0.15) is 0 Å². The van der Waals surface area contributed by atoms with Crippen molar-refractivity contribution in [3.8, 4) is 22.3 Å². The highest BCUT2D eigenvalue weighted by molar-refractivity contribution is 5.89. The number of rotatable bonds is 4. The molecule has 0 radical (unpaired) electrons. The molecule has 4 aromatic carbocycles. The lowest BCUT2D eigenvalue weighted by molar-refractivity contribution is 0.0686. The molecule has 0 unspecified atom stereocenters.